The van der Waals surface area contributed by atoms with Gasteiger partial charge in [0.2, 0.25) is 0 Å². The van der Waals surface area contributed by atoms with Crippen LogP contribution >= 0.6 is 0 Å². The molecule has 0 saturated carbocycles. The summed E-state index contributed by atoms with van der Waals surface area (Å²) < 4.78 is 26.7. The molecule has 0 unspecified atom stereocenters. The molecule has 5 nitrogen and oxygen atoms in total. The van der Waals surface area contributed by atoms with Crippen LogP contribution in [0.4, 0.5) is 0 Å². The first kappa shape index (κ1) is 19.9. The van der Waals surface area contributed by atoms with Gasteiger partial charge in [-0.25, -0.2) is 0 Å². The maximum Gasteiger partial charge on any atom is 0.119 e. The molecule has 1 aromatic rings. The van der Waals surface area contributed by atoms with Crippen molar-refractivity contribution >= 4 is 0 Å². The molecule has 0 aliphatic carbocycles. The molecule has 0 fully saturated rings. The van der Waals surface area contributed by atoms with Crippen LogP contribution in [0.5, 0.6) is 5.75 Å². The van der Waals surface area contributed by atoms with Gasteiger partial charge < -0.3 is 23.7 Å². The molecule has 5 heteroatoms. The Labute approximate surface area is 139 Å². The molecule has 0 N–H and O–H groups in total. The second-order valence-electron chi connectivity index (χ2n) is 5.41. The van der Waals surface area contributed by atoms with E-state index in [0.717, 1.165) is 5.75 Å². The van der Waals surface area contributed by atoms with Crippen LogP contribution in [0.2, 0.25) is 0 Å². The highest BCUT2D eigenvalue weighted by molar-refractivity contribution is 5.30. The lowest BCUT2D eigenvalue weighted by atomic mass is 10.0. The van der Waals surface area contributed by atoms with E-state index in [9.17, 15) is 0 Å². The summed E-state index contributed by atoms with van der Waals surface area (Å²) in [5.74, 6) is 1.40. The molecule has 0 amide bonds. The fourth-order valence-electron chi connectivity index (χ4n) is 1.87. The molecule has 0 aliphatic heterocycles. The highest BCUT2D eigenvalue weighted by Gasteiger charge is 2.01. The van der Waals surface area contributed by atoms with Gasteiger partial charge in [0.1, 0.15) is 12.4 Å². The van der Waals surface area contributed by atoms with Crippen LogP contribution < -0.4 is 4.74 Å². The summed E-state index contributed by atoms with van der Waals surface area (Å²) in [4.78, 5) is 0. The van der Waals surface area contributed by atoms with E-state index in [2.05, 4.69) is 26.0 Å². The molecular formula is C18H30O5. The van der Waals surface area contributed by atoms with E-state index in [1.165, 1.54) is 5.56 Å². The lowest BCUT2D eigenvalue weighted by Gasteiger charge is -2.10. The third-order valence-corrected chi connectivity index (χ3v) is 3.20. The monoisotopic (exact) mass is 326 g/mol. The maximum atomic E-state index is 5.68. The van der Waals surface area contributed by atoms with E-state index < -0.39 is 0 Å². The Morgan fingerprint density at radius 3 is 1.91 bits per heavy atom. The average molecular weight is 326 g/mol. The van der Waals surface area contributed by atoms with E-state index in [4.69, 9.17) is 23.7 Å². The summed E-state index contributed by atoms with van der Waals surface area (Å²) in [5, 5.41) is 0. The minimum Gasteiger partial charge on any atom is -0.491 e. The van der Waals surface area contributed by atoms with Crippen molar-refractivity contribution in [1.82, 2.24) is 0 Å². The zero-order valence-electron chi connectivity index (χ0n) is 14.6. The van der Waals surface area contributed by atoms with Gasteiger partial charge in [-0.3, -0.25) is 0 Å². The van der Waals surface area contributed by atoms with Gasteiger partial charge in [-0.15, -0.1) is 0 Å². The van der Waals surface area contributed by atoms with Gasteiger partial charge in [-0.05, 0) is 23.6 Å². The summed E-state index contributed by atoms with van der Waals surface area (Å²) in [6.45, 7) is 8.94. The number of rotatable bonds is 14. The highest BCUT2D eigenvalue weighted by atomic mass is 16.6. The molecule has 0 radical (unpaired) electrons. The quantitative estimate of drug-likeness (QED) is 0.492. The smallest absolute Gasteiger partial charge is 0.119 e. The van der Waals surface area contributed by atoms with Gasteiger partial charge in [0.25, 0.3) is 0 Å². The second kappa shape index (κ2) is 13.3. The van der Waals surface area contributed by atoms with Crippen LogP contribution in [-0.2, 0) is 18.9 Å². The molecule has 0 aromatic heterocycles. The van der Waals surface area contributed by atoms with Gasteiger partial charge in [-0.1, -0.05) is 26.0 Å². The van der Waals surface area contributed by atoms with Crippen LogP contribution in [-0.4, -0.2) is 60.0 Å². The zero-order chi connectivity index (χ0) is 16.8. The van der Waals surface area contributed by atoms with Crippen molar-refractivity contribution < 1.29 is 23.7 Å². The van der Waals surface area contributed by atoms with Crippen molar-refractivity contribution in [2.24, 2.45) is 0 Å². The Kier molecular flexibility index (Phi) is 11.5. The maximum absolute atomic E-state index is 5.68. The van der Waals surface area contributed by atoms with Crippen molar-refractivity contribution in [3.05, 3.63) is 29.8 Å². The fraction of sp³-hybridized carbons (Fsp3) is 0.667. The average Bonchev–Trinajstić information content (AvgIpc) is 2.56. The summed E-state index contributed by atoms with van der Waals surface area (Å²) >= 11 is 0. The van der Waals surface area contributed by atoms with E-state index in [1.54, 1.807) is 7.11 Å². The predicted octanol–water partition coefficient (Wildman–Crippen LogP) is 2.89. The minimum atomic E-state index is 0.505. The zero-order valence-corrected chi connectivity index (χ0v) is 14.6. The standard InChI is InChI=1S/C18H30O5/c1-16(2)17-5-4-6-18(15-17)23-14-13-22-12-11-21-10-9-20-8-7-19-3/h4-6,15-16H,7-14H2,1-3H3. The third kappa shape index (κ3) is 10.3. The molecule has 0 saturated heterocycles. The molecule has 132 valence electrons. The Bertz CT molecular complexity index is 395. The van der Waals surface area contributed by atoms with E-state index in [0.29, 0.717) is 58.8 Å². The molecule has 0 bridgehead atoms. The molecular weight excluding hydrogens is 296 g/mol. The van der Waals surface area contributed by atoms with Crippen LogP contribution in [0, 0.1) is 0 Å². The molecule has 1 aromatic carbocycles. The van der Waals surface area contributed by atoms with Gasteiger partial charge in [0, 0.05) is 7.11 Å². The van der Waals surface area contributed by atoms with Crippen molar-refractivity contribution in [3.8, 4) is 5.75 Å². The molecule has 0 atom stereocenters. The first-order chi connectivity index (χ1) is 11.2. The number of ether oxygens (including phenoxy) is 5. The Morgan fingerprint density at radius 2 is 1.35 bits per heavy atom. The molecule has 0 spiro atoms. The van der Waals surface area contributed by atoms with Crippen LogP contribution in [0.15, 0.2) is 24.3 Å². The summed E-state index contributed by atoms with van der Waals surface area (Å²) in [7, 11) is 1.65. The van der Waals surface area contributed by atoms with Crippen molar-refractivity contribution in [2.45, 2.75) is 19.8 Å². The van der Waals surface area contributed by atoms with E-state index in [1.807, 2.05) is 12.1 Å². The number of methoxy groups -OCH3 is 1. The Balaban J connectivity index is 1.93. The van der Waals surface area contributed by atoms with Gasteiger partial charge in [0.15, 0.2) is 0 Å². The topological polar surface area (TPSA) is 46.2 Å². The first-order valence-corrected chi connectivity index (χ1v) is 8.19. The summed E-state index contributed by atoms with van der Waals surface area (Å²) in [6.07, 6.45) is 0. The molecule has 23 heavy (non-hydrogen) atoms. The molecule has 1 rings (SSSR count). The molecule has 0 aliphatic rings. The normalized spacial score (nSPS) is 11.1. The Hall–Kier alpha value is -1.14. The van der Waals surface area contributed by atoms with Crippen LogP contribution in [0.25, 0.3) is 0 Å². The van der Waals surface area contributed by atoms with Gasteiger partial charge in [0.05, 0.1) is 46.2 Å². The van der Waals surface area contributed by atoms with Crippen LogP contribution in [0.3, 0.4) is 0 Å². The summed E-state index contributed by atoms with van der Waals surface area (Å²) in [6, 6.07) is 8.19. The van der Waals surface area contributed by atoms with E-state index in [-0.39, 0.29) is 0 Å². The van der Waals surface area contributed by atoms with Gasteiger partial charge >= 0.3 is 0 Å². The van der Waals surface area contributed by atoms with Crippen molar-refractivity contribution in [3.63, 3.8) is 0 Å². The lowest BCUT2D eigenvalue weighted by Crippen LogP contribution is -2.13. The number of hydrogen-bond acceptors (Lipinski definition) is 5. The van der Waals surface area contributed by atoms with Gasteiger partial charge in [-0.2, -0.15) is 0 Å². The van der Waals surface area contributed by atoms with E-state index >= 15 is 0 Å². The lowest BCUT2D eigenvalue weighted by molar-refractivity contribution is 0.000161. The van der Waals surface area contributed by atoms with Crippen LogP contribution in [0.1, 0.15) is 25.3 Å². The second-order valence-corrected chi connectivity index (χ2v) is 5.41. The number of hydrogen-bond donors (Lipinski definition) is 0. The fourth-order valence-corrected chi connectivity index (χ4v) is 1.87. The van der Waals surface area contributed by atoms with Crippen molar-refractivity contribution in [1.29, 1.82) is 0 Å². The highest BCUT2D eigenvalue weighted by Crippen LogP contribution is 2.19. The minimum absolute atomic E-state index is 0.505. The largest absolute Gasteiger partial charge is 0.491 e. The SMILES string of the molecule is COCCOCCOCCOCCOc1cccc(C(C)C)c1. The Morgan fingerprint density at radius 1 is 0.783 bits per heavy atom. The summed E-state index contributed by atoms with van der Waals surface area (Å²) in [5.41, 5.74) is 1.28. The third-order valence-electron chi connectivity index (χ3n) is 3.20. The first-order valence-electron chi connectivity index (χ1n) is 8.19. The predicted molar refractivity (Wildman–Crippen MR) is 90.4 cm³/mol. The van der Waals surface area contributed by atoms with Crippen molar-refractivity contribution in [2.75, 3.05) is 60.0 Å². The molecule has 0 heterocycles. The number of benzene rings is 1.